The molecule has 4 fully saturated rings. The molecule has 6 aromatic rings. The molecule has 1 atom stereocenters. The molecule has 0 saturated carbocycles. The van der Waals surface area contributed by atoms with Crippen LogP contribution in [0.4, 0.5) is 34.5 Å². The fraction of sp³-hybridized carbons (Fsp3) is 0.460. The van der Waals surface area contributed by atoms with E-state index in [4.69, 9.17) is 9.72 Å². The third kappa shape index (κ3) is 8.77. The van der Waals surface area contributed by atoms with E-state index in [9.17, 15) is 18.9 Å². The van der Waals surface area contributed by atoms with Crippen molar-refractivity contribution in [1.82, 2.24) is 39.3 Å². The molecule has 1 unspecified atom stereocenters. The number of carbonyl (C=O) groups is 2. The second-order valence-electron chi connectivity index (χ2n) is 19.5. The maximum Gasteiger partial charge on any atom is 0.329 e. The predicted octanol–water partition coefficient (Wildman–Crippen LogP) is 7.25. The third-order valence-corrected chi connectivity index (χ3v) is 17.0. The van der Waals surface area contributed by atoms with Crippen molar-refractivity contribution in [2.45, 2.75) is 77.3 Å². The number of benzene rings is 3. The summed E-state index contributed by atoms with van der Waals surface area (Å²) in [6.45, 7) is 13.7. The van der Waals surface area contributed by atoms with Crippen LogP contribution in [0.15, 0.2) is 64.1 Å². The van der Waals surface area contributed by atoms with Gasteiger partial charge >= 0.3 is 5.69 Å². The first-order valence-electron chi connectivity index (χ1n) is 24.1. The van der Waals surface area contributed by atoms with Gasteiger partial charge in [0, 0.05) is 100 Å². The maximum absolute atomic E-state index is 13.7. The number of para-hydroxylation sites is 1. The minimum atomic E-state index is -2.78. The molecule has 1 spiro atoms. The number of imidazole rings is 1. The van der Waals surface area contributed by atoms with Crippen molar-refractivity contribution in [2.75, 3.05) is 80.1 Å². The van der Waals surface area contributed by atoms with E-state index in [1.807, 2.05) is 31.2 Å². The van der Waals surface area contributed by atoms with Crippen molar-refractivity contribution < 1.29 is 18.9 Å². The van der Waals surface area contributed by atoms with E-state index >= 15 is 0 Å². The van der Waals surface area contributed by atoms with Crippen molar-refractivity contribution >= 4 is 96.6 Å². The predicted molar refractivity (Wildman–Crippen MR) is 276 cm³/mol. The van der Waals surface area contributed by atoms with Crippen LogP contribution in [-0.4, -0.2) is 112 Å². The Morgan fingerprint density at radius 1 is 0.884 bits per heavy atom. The number of amides is 2. The van der Waals surface area contributed by atoms with Gasteiger partial charge in [0.05, 0.1) is 45.2 Å². The number of halogens is 1. The summed E-state index contributed by atoms with van der Waals surface area (Å²) in [4.78, 5) is 64.5. The molecule has 0 bridgehead atoms. The second kappa shape index (κ2) is 18.5. The highest BCUT2D eigenvalue weighted by Gasteiger charge is 2.47. The van der Waals surface area contributed by atoms with Gasteiger partial charge in [0.1, 0.15) is 30.6 Å². The Bertz CT molecular complexity index is 3110. The Hall–Kier alpha value is -5.84. The van der Waals surface area contributed by atoms with E-state index in [0.29, 0.717) is 57.3 Å². The summed E-state index contributed by atoms with van der Waals surface area (Å²) in [5.41, 5.74) is 7.25. The maximum atomic E-state index is 13.7. The number of hydrogen-bond donors (Lipinski definition) is 3. The molecule has 0 aliphatic carbocycles. The van der Waals surface area contributed by atoms with E-state index in [0.717, 1.165) is 111 Å². The Balaban J connectivity index is 0.776. The Morgan fingerprint density at radius 3 is 2.33 bits per heavy atom. The molecule has 4 saturated heterocycles. The quantitative estimate of drug-likeness (QED) is 0.0823. The van der Waals surface area contributed by atoms with Gasteiger partial charge in [-0.05, 0) is 109 Å². The first-order chi connectivity index (χ1) is 33.2. The Kier molecular flexibility index (Phi) is 12.6. The number of likely N-dealkylation sites (tertiary alicyclic amines) is 1. The topological polar surface area (TPSA) is 185 Å². The fourth-order valence-electron chi connectivity index (χ4n) is 11.2. The molecule has 19 heteroatoms. The monoisotopic (exact) mass is 1020 g/mol. The molecule has 0 radical (unpaired) electrons. The molecule has 17 nitrogen and oxygen atoms in total. The zero-order chi connectivity index (χ0) is 48.4. The third-order valence-electron chi connectivity index (χ3n) is 14.8. The van der Waals surface area contributed by atoms with E-state index < -0.39 is 19.1 Å². The minimum absolute atomic E-state index is 0.217. The lowest BCUT2D eigenvalue weighted by Crippen LogP contribution is -2.64. The summed E-state index contributed by atoms with van der Waals surface area (Å²) in [6.07, 6.45) is 9.91. The number of rotatable bonds is 12. The molecular weight excluding hydrogens is 960 g/mol. The lowest BCUT2D eigenvalue weighted by molar-refractivity contribution is -0.135. The zero-order valence-corrected chi connectivity index (χ0v) is 42.6. The number of carbonyl (C=O) groups excluding carboxylic acids is 2. The van der Waals surface area contributed by atoms with Crippen LogP contribution in [0, 0.1) is 5.41 Å². The van der Waals surface area contributed by atoms with Crippen LogP contribution in [0.2, 0.25) is 0 Å². The van der Waals surface area contributed by atoms with Crippen molar-refractivity contribution in [3.05, 3.63) is 81.2 Å². The number of anilines is 6. The van der Waals surface area contributed by atoms with Crippen molar-refractivity contribution in [2.24, 2.45) is 12.5 Å². The highest BCUT2D eigenvalue weighted by molar-refractivity contribution is 9.10. The van der Waals surface area contributed by atoms with E-state index in [2.05, 4.69) is 86.7 Å². The molecule has 2 amide bonds. The molecule has 362 valence electrons. The van der Waals surface area contributed by atoms with Crippen LogP contribution in [-0.2, 0) is 34.0 Å². The number of ether oxygens (including phenoxy) is 1. The lowest BCUT2D eigenvalue weighted by atomic mass is 9.70. The Labute approximate surface area is 409 Å². The van der Waals surface area contributed by atoms with Crippen LogP contribution in [0.3, 0.4) is 0 Å². The lowest BCUT2D eigenvalue weighted by Gasteiger charge is -2.57. The molecule has 3 aromatic heterocycles. The minimum Gasteiger partial charge on any atom is -0.494 e. The molecule has 3 N–H and O–H groups in total. The number of piperidine rings is 3. The van der Waals surface area contributed by atoms with E-state index in [-0.39, 0.29) is 18.0 Å². The molecule has 4 aliphatic heterocycles. The van der Waals surface area contributed by atoms with Gasteiger partial charge in [-0.25, -0.2) is 19.7 Å². The molecule has 3 aromatic carbocycles. The smallest absolute Gasteiger partial charge is 0.329 e. The van der Waals surface area contributed by atoms with Crippen LogP contribution >= 0.6 is 23.1 Å². The highest BCUT2D eigenvalue weighted by atomic mass is 79.9. The van der Waals surface area contributed by atoms with E-state index in [1.165, 1.54) is 11.3 Å². The van der Waals surface area contributed by atoms with Crippen molar-refractivity contribution in [1.29, 1.82) is 0 Å². The largest absolute Gasteiger partial charge is 0.494 e. The number of aryl methyl sites for hydroxylation is 3. The van der Waals surface area contributed by atoms with Crippen LogP contribution in [0.5, 0.6) is 5.75 Å². The average molecular weight is 1020 g/mol. The van der Waals surface area contributed by atoms with Gasteiger partial charge in [-0.2, -0.15) is 4.98 Å². The summed E-state index contributed by atoms with van der Waals surface area (Å²) in [5.74, 6) is 1.63. The van der Waals surface area contributed by atoms with Gasteiger partial charge in [0.2, 0.25) is 17.8 Å². The SMILES string of the molecule is CCc1ncc2c(P(C)(C)=O)c(Nc3nc(Nc4cc(CC)c(N5CCC(N6CC7(CCN(c8cccc9c8n(C)c(=O)n9C8CCC(=O)NC8=O)CC7)C6)CC5)cc4OC)ncc3Br)ccc2n1. The number of hydrogen-bond acceptors (Lipinski definition) is 14. The average Bonchev–Trinajstić information content (AvgIpc) is 3.59. The number of methoxy groups -OCH3 is 1. The van der Waals surface area contributed by atoms with Gasteiger partial charge < -0.3 is 29.7 Å². The summed E-state index contributed by atoms with van der Waals surface area (Å²) in [6, 6.07) is 13.9. The van der Waals surface area contributed by atoms with Gasteiger partial charge in [0.15, 0.2) is 0 Å². The molecule has 69 heavy (non-hydrogen) atoms. The summed E-state index contributed by atoms with van der Waals surface area (Å²) in [5, 5.41) is 10.7. The van der Waals surface area contributed by atoms with Gasteiger partial charge in [-0.1, -0.05) is 19.9 Å². The summed E-state index contributed by atoms with van der Waals surface area (Å²) >= 11 is 3.63. The van der Waals surface area contributed by atoms with Crippen LogP contribution < -0.4 is 41.5 Å². The van der Waals surface area contributed by atoms with Gasteiger partial charge in [0.25, 0.3) is 0 Å². The van der Waals surface area contributed by atoms with Crippen LogP contribution in [0.25, 0.3) is 21.9 Å². The standard InChI is InChI=1S/C50H60BrN12O5P/c1-7-30-24-36(56-48-53-27-33(51)46(58-48)55-35-13-12-34-32(45(35)69(5,6)67)26-52-42(8-2)54-34)41(68-4)25-40(30)60-20-16-31(17-21-60)62-28-50(29-62)18-22-61(23-19-50)37-10-9-11-38-44(37)59(3)49(66)63(38)39-14-15-43(64)57-47(39)65/h9-13,24-27,31,39H,7-8,14-23,28-29H2,1-6H3,(H,57,64,65)(H2,53,55,56,58). The first-order valence-corrected chi connectivity index (χ1v) is 27.5. The highest BCUT2D eigenvalue weighted by Crippen LogP contribution is 2.46. The number of nitrogens with one attached hydrogen (secondary N) is 3. The fourth-order valence-corrected chi connectivity index (χ4v) is 12.9. The van der Waals surface area contributed by atoms with Crippen molar-refractivity contribution in [3.63, 3.8) is 0 Å². The Morgan fingerprint density at radius 2 is 1.64 bits per heavy atom. The second-order valence-corrected chi connectivity index (χ2v) is 23.5. The number of fused-ring (bicyclic) bond motifs is 2. The molecule has 7 heterocycles. The van der Waals surface area contributed by atoms with Crippen LogP contribution in [0.1, 0.15) is 69.8 Å². The zero-order valence-electron chi connectivity index (χ0n) is 40.1. The molecule has 10 rings (SSSR count). The number of imide groups is 1. The number of aromatic nitrogens is 6. The number of nitrogens with zero attached hydrogens (tertiary/aromatic N) is 9. The van der Waals surface area contributed by atoms with Gasteiger partial charge in [-0.3, -0.25) is 28.9 Å². The van der Waals surface area contributed by atoms with Crippen molar-refractivity contribution in [3.8, 4) is 5.75 Å². The summed E-state index contributed by atoms with van der Waals surface area (Å²) < 4.78 is 23.6. The van der Waals surface area contributed by atoms with Gasteiger partial charge in [-0.15, -0.1) is 0 Å². The van der Waals surface area contributed by atoms with E-state index in [1.54, 1.807) is 49.0 Å². The summed E-state index contributed by atoms with van der Waals surface area (Å²) in [7, 11) is 0.683. The normalized spacial score (nSPS) is 19.0. The first kappa shape index (κ1) is 46.9. The molecular formula is C50H60BrN12O5P. The molecule has 4 aliphatic rings.